The van der Waals surface area contributed by atoms with Crippen LogP contribution >= 0.6 is 23.1 Å². The largest absolute Gasteiger partial charge is 0.468 e. The molecule has 4 rings (SSSR count). The van der Waals surface area contributed by atoms with Gasteiger partial charge in [-0.25, -0.2) is 9.29 Å². The molecule has 1 aliphatic heterocycles. The van der Waals surface area contributed by atoms with Crippen LogP contribution in [-0.4, -0.2) is 11.8 Å². The topological polar surface area (TPSA) is 50.5 Å². The fourth-order valence-corrected chi connectivity index (χ4v) is 4.51. The standard InChI is InChI=1S/C19H12FNO3S2/c20-12-4-1-5-13(10-12)21-18(22)16(15-7-3-9-25-15)17(19(21)23)26-11-14-6-2-8-24-14/h1-10H,11H2. The van der Waals surface area contributed by atoms with Crippen LogP contribution in [-0.2, 0) is 15.3 Å². The first-order valence-electron chi connectivity index (χ1n) is 7.73. The molecular formula is C19H12FNO3S2. The van der Waals surface area contributed by atoms with Crippen molar-refractivity contribution in [1.82, 2.24) is 0 Å². The number of halogens is 1. The van der Waals surface area contributed by atoms with Gasteiger partial charge >= 0.3 is 0 Å². The van der Waals surface area contributed by atoms with Crippen LogP contribution < -0.4 is 4.90 Å². The van der Waals surface area contributed by atoms with Crippen molar-refractivity contribution in [2.45, 2.75) is 5.75 Å². The van der Waals surface area contributed by atoms with Crippen molar-refractivity contribution in [3.63, 3.8) is 0 Å². The lowest BCUT2D eigenvalue weighted by Gasteiger charge is -2.15. The second-order valence-electron chi connectivity index (χ2n) is 5.48. The highest BCUT2D eigenvalue weighted by atomic mass is 32.2. The van der Waals surface area contributed by atoms with Gasteiger partial charge in [-0.05, 0) is 41.8 Å². The molecular weight excluding hydrogens is 373 g/mol. The normalized spacial score (nSPS) is 14.6. The van der Waals surface area contributed by atoms with E-state index in [1.54, 1.807) is 24.5 Å². The minimum atomic E-state index is -0.502. The van der Waals surface area contributed by atoms with E-state index in [9.17, 15) is 14.0 Å². The number of hydrogen-bond acceptors (Lipinski definition) is 5. The first-order valence-corrected chi connectivity index (χ1v) is 9.59. The Bertz CT molecular complexity index is 994. The van der Waals surface area contributed by atoms with Crippen molar-refractivity contribution in [1.29, 1.82) is 0 Å². The van der Waals surface area contributed by atoms with Crippen LogP contribution in [0.2, 0.25) is 0 Å². The fraction of sp³-hybridized carbons (Fsp3) is 0.0526. The molecule has 7 heteroatoms. The second-order valence-corrected chi connectivity index (χ2v) is 7.41. The molecule has 1 aliphatic rings. The van der Waals surface area contributed by atoms with Gasteiger partial charge in [-0.3, -0.25) is 9.59 Å². The zero-order valence-corrected chi connectivity index (χ0v) is 15.0. The van der Waals surface area contributed by atoms with Crippen LogP contribution in [0.5, 0.6) is 0 Å². The van der Waals surface area contributed by atoms with Gasteiger partial charge in [0.15, 0.2) is 0 Å². The molecule has 130 valence electrons. The summed E-state index contributed by atoms with van der Waals surface area (Å²) in [5.41, 5.74) is 0.577. The molecule has 0 saturated carbocycles. The number of benzene rings is 1. The fourth-order valence-electron chi connectivity index (χ4n) is 2.67. The van der Waals surface area contributed by atoms with E-state index in [1.165, 1.54) is 41.3 Å². The van der Waals surface area contributed by atoms with Crippen molar-refractivity contribution in [2.75, 3.05) is 4.90 Å². The molecule has 3 heterocycles. The molecule has 0 aliphatic carbocycles. The second kappa shape index (κ2) is 6.93. The Morgan fingerprint density at radius 2 is 1.96 bits per heavy atom. The van der Waals surface area contributed by atoms with Gasteiger partial charge in [0.05, 0.1) is 28.2 Å². The maximum absolute atomic E-state index is 13.6. The number of furan rings is 1. The molecule has 4 nitrogen and oxygen atoms in total. The lowest BCUT2D eigenvalue weighted by molar-refractivity contribution is -0.119. The molecule has 0 N–H and O–H groups in total. The van der Waals surface area contributed by atoms with Crippen LogP contribution in [0.3, 0.4) is 0 Å². The number of thiophene rings is 1. The van der Waals surface area contributed by atoms with E-state index in [4.69, 9.17) is 4.42 Å². The van der Waals surface area contributed by atoms with E-state index in [0.29, 0.717) is 26.9 Å². The Labute approximate surface area is 156 Å². The highest BCUT2D eigenvalue weighted by Gasteiger charge is 2.40. The highest BCUT2D eigenvalue weighted by molar-refractivity contribution is 8.03. The molecule has 0 radical (unpaired) electrons. The summed E-state index contributed by atoms with van der Waals surface area (Å²) in [5, 5.41) is 1.85. The van der Waals surface area contributed by atoms with Crippen LogP contribution in [0.4, 0.5) is 10.1 Å². The predicted octanol–water partition coefficient (Wildman–Crippen LogP) is 4.70. The Balaban J connectivity index is 1.73. The van der Waals surface area contributed by atoms with E-state index in [2.05, 4.69) is 0 Å². The Morgan fingerprint density at radius 1 is 1.08 bits per heavy atom. The molecule has 3 aromatic rings. The molecule has 0 spiro atoms. The minimum absolute atomic E-state index is 0.225. The molecule has 2 amide bonds. The van der Waals surface area contributed by atoms with E-state index < -0.39 is 17.6 Å². The monoisotopic (exact) mass is 385 g/mol. The lowest BCUT2D eigenvalue weighted by Crippen LogP contribution is -2.31. The molecule has 0 atom stereocenters. The maximum atomic E-state index is 13.6. The molecule has 0 unspecified atom stereocenters. The smallest absolute Gasteiger partial charge is 0.272 e. The van der Waals surface area contributed by atoms with Gasteiger partial charge in [0.25, 0.3) is 11.8 Å². The number of nitrogens with zero attached hydrogens (tertiary/aromatic N) is 1. The number of rotatable bonds is 5. The van der Waals surface area contributed by atoms with Crippen LogP contribution in [0.15, 0.2) is 69.5 Å². The molecule has 2 aromatic heterocycles. The third kappa shape index (κ3) is 3.00. The Morgan fingerprint density at radius 3 is 2.65 bits per heavy atom. The summed E-state index contributed by atoms with van der Waals surface area (Å²) >= 11 is 2.63. The van der Waals surface area contributed by atoms with E-state index >= 15 is 0 Å². The van der Waals surface area contributed by atoms with Crippen molar-refractivity contribution < 1.29 is 18.4 Å². The zero-order valence-electron chi connectivity index (χ0n) is 13.3. The summed E-state index contributed by atoms with van der Waals surface area (Å²) in [6, 6.07) is 12.7. The van der Waals surface area contributed by atoms with Gasteiger partial charge in [-0.15, -0.1) is 23.1 Å². The highest BCUT2D eigenvalue weighted by Crippen LogP contribution is 2.40. The summed E-state index contributed by atoms with van der Waals surface area (Å²) in [6.07, 6.45) is 1.56. The molecule has 26 heavy (non-hydrogen) atoms. The zero-order chi connectivity index (χ0) is 18.1. The number of imide groups is 1. The third-order valence-corrected chi connectivity index (χ3v) is 5.80. The van der Waals surface area contributed by atoms with Gasteiger partial charge in [0.1, 0.15) is 11.6 Å². The summed E-state index contributed by atoms with van der Waals surface area (Å²) in [4.78, 5) is 28.1. The number of thioether (sulfide) groups is 1. The van der Waals surface area contributed by atoms with Gasteiger partial charge in [0, 0.05) is 4.88 Å². The predicted molar refractivity (Wildman–Crippen MR) is 100 cm³/mol. The quantitative estimate of drug-likeness (QED) is 0.598. The average Bonchev–Trinajstić information content (AvgIpc) is 3.35. The first-order chi connectivity index (χ1) is 12.6. The van der Waals surface area contributed by atoms with Gasteiger partial charge in [-0.2, -0.15) is 0 Å². The molecule has 0 saturated heterocycles. The first kappa shape index (κ1) is 16.8. The van der Waals surface area contributed by atoms with Crippen molar-refractivity contribution in [2.24, 2.45) is 0 Å². The summed E-state index contributed by atoms with van der Waals surface area (Å²) in [6.45, 7) is 0. The molecule has 1 aromatic carbocycles. The summed E-state index contributed by atoms with van der Waals surface area (Å²) in [5.74, 6) is -0.256. The van der Waals surface area contributed by atoms with Crippen LogP contribution in [0, 0.1) is 5.82 Å². The van der Waals surface area contributed by atoms with E-state index in [1.807, 2.05) is 17.5 Å². The number of anilines is 1. The molecule has 0 fully saturated rings. The SMILES string of the molecule is O=C1C(SCc2ccco2)=C(c2cccs2)C(=O)N1c1cccc(F)c1. The van der Waals surface area contributed by atoms with Gasteiger partial charge < -0.3 is 4.42 Å². The van der Waals surface area contributed by atoms with Crippen LogP contribution in [0.25, 0.3) is 5.57 Å². The number of carbonyl (C=O) groups excluding carboxylic acids is 2. The minimum Gasteiger partial charge on any atom is -0.468 e. The van der Waals surface area contributed by atoms with E-state index in [0.717, 1.165) is 4.90 Å². The van der Waals surface area contributed by atoms with Crippen LogP contribution in [0.1, 0.15) is 10.6 Å². The summed E-state index contributed by atoms with van der Waals surface area (Å²) in [7, 11) is 0. The average molecular weight is 385 g/mol. The Kier molecular flexibility index (Phi) is 4.48. The third-order valence-electron chi connectivity index (χ3n) is 3.81. The number of carbonyl (C=O) groups is 2. The van der Waals surface area contributed by atoms with Crippen molar-refractivity contribution in [3.05, 3.63) is 81.5 Å². The van der Waals surface area contributed by atoms with Crippen molar-refractivity contribution >= 4 is 46.2 Å². The summed E-state index contributed by atoms with van der Waals surface area (Å²) < 4.78 is 18.9. The molecule has 0 bridgehead atoms. The number of amides is 2. The number of hydrogen-bond donors (Lipinski definition) is 0. The van der Waals surface area contributed by atoms with E-state index in [-0.39, 0.29) is 5.69 Å². The van der Waals surface area contributed by atoms with Crippen molar-refractivity contribution in [3.8, 4) is 0 Å². The van der Waals surface area contributed by atoms with Gasteiger partial charge in [0.2, 0.25) is 0 Å². The maximum Gasteiger partial charge on any atom is 0.272 e. The lowest BCUT2D eigenvalue weighted by atomic mass is 10.2. The van der Waals surface area contributed by atoms with Gasteiger partial charge in [-0.1, -0.05) is 12.1 Å². The Hall–Kier alpha value is -2.64.